The zero-order valence-corrected chi connectivity index (χ0v) is 15.2. The Morgan fingerprint density at radius 1 is 0.962 bits per heavy atom. The summed E-state index contributed by atoms with van der Waals surface area (Å²) in [5, 5.41) is 3.53. The van der Waals surface area contributed by atoms with Gasteiger partial charge in [-0.2, -0.15) is 0 Å². The van der Waals surface area contributed by atoms with E-state index in [0.29, 0.717) is 6.54 Å². The van der Waals surface area contributed by atoms with E-state index in [0.717, 1.165) is 23.4 Å². The van der Waals surface area contributed by atoms with E-state index in [4.69, 9.17) is 4.74 Å². The second-order valence-electron chi connectivity index (χ2n) is 6.33. The van der Waals surface area contributed by atoms with Crippen LogP contribution in [-0.4, -0.2) is 11.7 Å². The van der Waals surface area contributed by atoms with E-state index in [9.17, 15) is 4.79 Å². The minimum absolute atomic E-state index is 0.0175. The lowest BCUT2D eigenvalue weighted by molar-refractivity contribution is 0.401. The Morgan fingerprint density at radius 3 is 2.38 bits per heavy atom. The lowest BCUT2D eigenvalue weighted by atomic mass is 10.1. The molecule has 2 aromatic carbocycles. The van der Waals surface area contributed by atoms with Crippen molar-refractivity contribution < 1.29 is 4.74 Å². The molecule has 0 fully saturated rings. The minimum Gasteiger partial charge on any atom is -0.496 e. The zero-order valence-electron chi connectivity index (χ0n) is 15.2. The molecule has 0 amide bonds. The van der Waals surface area contributed by atoms with Crippen molar-refractivity contribution in [1.29, 1.82) is 0 Å². The van der Waals surface area contributed by atoms with Crippen molar-refractivity contribution in [3.05, 3.63) is 100.0 Å². The standard InChI is InChI=1S/C22H24N2O2/c1-17(20-7-3-4-8-21(20)26-2)23-15-18-10-12-19(13-11-18)16-24-14-6-5-9-22(24)25/h3-14,17,23H,15-16H2,1-2H3. The molecular formula is C22H24N2O2. The van der Waals surface area contributed by atoms with Crippen molar-refractivity contribution in [2.75, 3.05) is 7.11 Å². The van der Waals surface area contributed by atoms with Gasteiger partial charge in [-0.05, 0) is 30.2 Å². The molecular weight excluding hydrogens is 324 g/mol. The van der Waals surface area contributed by atoms with Crippen LogP contribution in [0, 0.1) is 0 Å². The molecule has 0 radical (unpaired) electrons. The zero-order chi connectivity index (χ0) is 18.4. The van der Waals surface area contributed by atoms with Gasteiger partial charge in [0.15, 0.2) is 0 Å². The summed E-state index contributed by atoms with van der Waals surface area (Å²) in [6, 6.07) is 21.8. The summed E-state index contributed by atoms with van der Waals surface area (Å²) < 4.78 is 7.14. The molecule has 3 rings (SSSR count). The van der Waals surface area contributed by atoms with E-state index in [1.54, 1.807) is 23.8 Å². The number of para-hydroxylation sites is 1. The molecule has 3 aromatic rings. The van der Waals surface area contributed by atoms with E-state index < -0.39 is 0 Å². The first kappa shape index (κ1) is 18.0. The van der Waals surface area contributed by atoms with E-state index in [2.05, 4.69) is 42.6 Å². The molecule has 0 saturated carbocycles. The number of hydrogen-bond donors (Lipinski definition) is 1. The largest absolute Gasteiger partial charge is 0.496 e. The van der Waals surface area contributed by atoms with Crippen LogP contribution in [0.1, 0.15) is 29.7 Å². The molecule has 0 aliphatic heterocycles. The topological polar surface area (TPSA) is 43.3 Å². The van der Waals surface area contributed by atoms with Crippen molar-refractivity contribution in [3.8, 4) is 5.75 Å². The second-order valence-corrected chi connectivity index (χ2v) is 6.33. The highest BCUT2D eigenvalue weighted by Gasteiger charge is 2.10. The predicted molar refractivity (Wildman–Crippen MR) is 104 cm³/mol. The maximum atomic E-state index is 11.8. The van der Waals surface area contributed by atoms with Gasteiger partial charge in [-0.1, -0.05) is 48.5 Å². The molecule has 1 unspecified atom stereocenters. The number of methoxy groups -OCH3 is 1. The second kappa shape index (κ2) is 8.50. The first-order valence-electron chi connectivity index (χ1n) is 8.77. The van der Waals surface area contributed by atoms with Gasteiger partial charge in [-0.15, -0.1) is 0 Å². The average Bonchev–Trinajstić information content (AvgIpc) is 2.69. The Bertz CT molecular complexity index is 900. The van der Waals surface area contributed by atoms with Crippen molar-refractivity contribution in [1.82, 2.24) is 9.88 Å². The number of rotatable bonds is 7. The van der Waals surface area contributed by atoms with Crippen molar-refractivity contribution in [2.45, 2.75) is 26.1 Å². The highest BCUT2D eigenvalue weighted by molar-refractivity contribution is 5.35. The molecule has 0 saturated heterocycles. The fourth-order valence-corrected chi connectivity index (χ4v) is 2.96. The summed E-state index contributed by atoms with van der Waals surface area (Å²) in [6.07, 6.45) is 1.81. The normalized spacial score (nSPS) is 11.9. The Morgan fingerprint density at radius 2 is 1.65 bits per heavy atom. The quantitative estimate of drug-likeness (QED) is 0.707. The summed E-state index contributed by atoms with van der Waals surface area (Å²) in [7, 11) is 1.70. The number of nitrogens with one attached hydrogen (secondary N) is 1. The molecule has 0 aliphatic carbocycles. The van der Waals surface area contributed by atoms with Crippen LogP contribution in [0.5, 0.6) is 5.75 Å². The van der Waals surface area contributed by atoms with Gasteiger partial charge in [0.25, 0.3) is 5.56 Å². The van der Waals surface area contributed by atoms with Crippen molar-refractivity contribution in [2.24, 2.45) is 0 Å². The van der Waals surface area contributed by atoms with Gasteiger partial charge in [-0.25, -0.2) is 0 Å². The highest BCUT2D eigenvalue weighted by Crippen LogP contribution is 2.24. The van der Waals surface area contributed by atoms with Crippen LogP contribution in [0.3, 0.4) is 0 Å². The summed E-state index contributed by atoms with van der Waals surface area (Å²) in [6.45, 7) is 3.49. The molecule has 4 heteroatoms. The monoisotopic (exact) mass is 348 g/mol. The lowest BCUT2D eigenvalue weighted by Gasteiger charge is -2.17. The Labute approximate surface area is 154 Å². The van der Waals surface area contributed by atoms with Crippen LogP contribution < -0.4 is 15.6 Å². The van der Waals surface area contributed by atoms with E-state index in [1.807, 2.05) is 30.5 Å². The molecule has 0 bridgehead atoms. The van der Waals surface area contributed by atoms with Crippen LogP contribution in [0.4, 0.5) is 0 Å². The van der Waals surface area contributed by atoms with E-state index in [1.165, 1.54) is 5.56 Å². The van der Waals surface area contributed by atoms with E-state index in [-0.39, 0.29) is 11.6 Å². The summed E-state index contributed by atoms with van der Waals surface area (Å²) >= 11 is 0. The van der Waals surface area contributed by atoms with Gasteiger partial charge in [0.05, 0.1) is 13.7 Å². The van der Waals surface area contributed by atoms with Crippen molar-refractivity contribution in [3.63, 3.8) is 0 Å². The van der Waals surface area contributed by atoms with Crippen LogP contribution in [-0.2, 0) is 13.1 Å². The smallest absolute Gasteiger partial charge is 0.250 e. The Kier molecular flexibility index (Phi) is 5.87. The minimum atomic E-state index is 0.0175. The maximum Gasteiger partial charge on any atom is 0.250 e. The lowest BCUT2D eigenvalue weighted by Crippen LogP contribution is -2.19. The molecule has 1 N–H and O–H groups in total. The fraction of sp³-hybridized carbons (Fsp3) is 0.227. The average molecular weight is 348 g/mol. The molecule has 1 atom stereocenters. The first-order chi connectivity index (χ1) is 12.7. The molecule has 1 aromatic heterocycles. The van der Waals surface area contributed by atoms with Gasteiger partial charge >= 0.3 is 0 Å². The summed E-state index contributed by atoms with van der Waals surface area (Å²) in [4.78, 5) is 11.8. The SMILES string of the molecule is COc1ccccc1C(C)NCc1ccc(Cn2ccccc2=O)cc1. The van der Waals surface area contributed by atoms with Gasteiger partial charge in [0, 0.05) is 30.4 Å². The fourth-order valence-electron chi connectivity index (χ4n) is 2.96. The van der Waals surface area contributed by atoms with Crippen molar-refractivity contribution >= 4 is 0 Å². The van der Waals surface area contributed by atoms with Gasteiger partial charge in [0.1, 0.15) is 5.75 Å². The number of pyridine rings is 1. The van der Waals surface area contributed by atoms with Gasteiger partial charge < -0.3 is 14.6 Å². The number of aromatic nitrogens is 1. The van der Waals surface area contributed by atoms with Crippen LogP contribution >= 0.6 is 0 Å². The number of hydrogen-bond acceptors (Lipinski definition) is 3. The van der Waals surface area contributed by atoms with Crippen LogP contribution in [0.15, 0.2) is 77.7 Å². The number of ether oxygens (including phenoxy) is 1. The Hall–Kier alpha value is -2.85. The molecule has 0 aliphatic rings. The molecule has 4 nitrogen and oxygen atoms in total. The maximum absolute atomic E-state index is 11.8. The molecule has 26 heavy (non-hydrogen) atoms. The molecule has 134 valence electrons. The highest BCUT2D eigenvalue weighted by atomic mass is 16.5. The van der Waals surface area contributed by atoms with E-state index >= 15 is 0 Å². The third kappa shape index (κ3) is 4.41. The third-order valence-corrected chi connectivity index (χ3v) is 4.49. The summed E-state index contributed by atoms with van der Waals surface area (Å²) in [5.41, 5.74) is 3.48. The Balaban J connectivity index is 1.61. The third-order valence-electron chi connectivity index (χ3n) is 4.49. The number of nitrogens with zero attached hydrogens (tertiary/aromatic N) is 1. The summed E-state index contributed by atoms with van der Waals surface area (Å²) in [5.74, 6) is 0.899. The van der Waals surface area contributed by atoms with Crippen LogP contribution in [0.2, 0.25) is 0 Å². The predicted octanol–water partition coefficient (Wildman–Crippen LogP) is 3.76. The van der Waals surface area contributed by atoms with Crippen LogP contribution in [0.25, 0.3) is 0 Å². The number of benzene rings is 2. The molecule has 0 spiro atoms. The van der Waals surface area contributed by atoms with Gasteiger partial charge in [0.2, 0.25) is 0 Å². The molecule has 1 heterocycles. The van der Waals surface area contributed by atoms with Gasteiger partial charge in [-0.3, -0.25) is 4.79 Å². The first-order valence-corrected chi connectivity index (χ1v) is 8.77.